The Hall–Kier alpha value is -3.55. The Kier molecular flexibility index (Phi) is 5.88. The lowest BCUT2D eigenvalue weighted by molar-refractivity contribution is 0.382. The van der Waals surface area contributed by atoms with Crippen LogP contribution in [0, 0.1) is 0 Å². The highest BCUT2D eigenvalue weighted by Crippen LogP contribution is 2.19. The van der Waals surface area contributed by atoms with Crippen LogP contribution in [0.1, 0.15) is 19.2 Å². The molecule has 3 aromatic rings. The molecule has 1 N–H and O–H groups in total. The van der Waals surface area contributed by atoms with Crippen LogP contribution < -0.4 is 5.32 Å². The summed E-state index contributed by atoms with van der Waals surface area (Å²) in [7, 11) is 1.85. The molecule has 0 radical (unpaired) electrons. The van der Waals surface area contributed by atoms with E-state index in [1.807, 2.05) is 41.9 Å². The molecule has 0 atom stereocenters. The van der Waals surface area contributed by atoms with Crippen LogP contribution in [0.3, 0.4) is 0 Å². The van der Waals surface area contributed by atoms with Crippen molar-refractivity contribution in [3.8, 4) is 11.3 Å². The molecular weight excluding hydrogens is 340 g/mol. The lowest BCUT2D eigenvalue weighted by Crippen LogP contribution is -2.21. The van der Waals surface area contributed by atoms with Crippen molar-refractivity contribution >= 4 is 23.9 Å². The first-order valence-electron chi connectivity index (χ1n) is 8.66. The number of hydrogen-bond donors (Lipinski definition) is 1. The van der Waals surface area contributed by atoms with Gasteiger partial charge < -0.3 is 5.32 Å². The van der Waals surface area contributed by atoms with Crippen LogP contribution in [0.15, 0.2) is 54.4 Å². The summed E-state index contributed by atoms with van der Waals surface area (Å²) in [5.74, 6) is 1.34. The molecule has 27 heavy (non-hydrogen) atoms. The third-order valence-corrected chi connectivity index (χ3v) is 3.73. The van der Waals surface area contributed by atoms with Crippen molar-refractivity contribution < 1.29 is 0 Å². The van der Waals surface area contributed by atoms with E-state index < -0.39 is 0 Å². The summed E-state index contributed by atoms with van der Waals surface area (Å²) in [6, 6.07) is 5.82. The van der Waals surface area contributed by atoms with Gasteiger partial charge in [0.2, 0.25) is 5.95 Å². The van der Waals surface area contributed by atoms with Crippen molar-refractivity contribution in [3.05, 3.63) is 55.1 Å². The molecule has 0 bridgehead atoms. The maximum atomic E-state index is 4.57. The summed E-state index contributed by atoms with van der Waals surface area (Å²) in [5.41, 5.74) is 2.53. The number of nitrogens with one attached hydrogen (secondary N) is 1. The van der Waals surface area contributed by atoms with Crippen LogP contribution in [0.5, 0.6) is 0 Å². The fourth-order valence-electron chi connectivity index (χ4n) is 2.40. The van der Waals surface area contributed by atoms with E-state index in [4.69, 9.17) is 0 Å². The van der Waals surface area contributed by atoms with Gasteiger partial charge in [0.25, 0.3) is 0 Å². The van der Waals surface area contributed by atoms with Crippen LogP contribution in [0.2, 0.25) is 0 Å². The largest absolute Gasteiger partial charge is 0.335 e. The molecule has 0 saturated heterocycles. The van der Waals surface area contributed by atoms with Gasteiger partial charge in [-0.3, -0.25) is 9.41 Å². The Labute approximate surface area is 158 Å². The Balaban J connectivity index is 1.79. The molecule has 3 aromatic heterocycles. The maximum absolute atomic E-state index is 4.57. The van der Waals surface area contributed by atoms with E-state index in [9.17, 15) is 0 Å². The minimum atomic E-state index is 0.476. The summed E-state index contributed by atoms with van der Waals surface area (Å²) in [5, 5.41) is 17.5. The van der Waals surface area contributed by atoms with E-state index in [0.717, 1.165) is 29.1 Å². The maximum Gasteiger partial charge on any atom is 0.224 e. The zero-order chi connectivity index (χ0) is 19.1. The standard InChI is InChI=1S/C19H22N8/c1-4-6-7-17-24-25-18-13-15(9-12-27(17)18)16-8-11-20-19(23-16)21-14-26(3)22-10-5-2/h5-13H,2,4,14H2,1,3H3,(H,20,21,23)/b7-6-,22-10-. The van der Waals surface area contributed by atoms with E-state index in [1.165, 1.54) is 0 Å². The van der Waals surface area contributed by atoms with Gasteiger partial charge in [0.1, 0.15) is 6.67 Å². The molecule has 3 rings (SSSR count). The minimum Gasteiger partial charge on any atom is -0.335 e. The molecule has 0 aliphatic carbocycles. The second kappa shape index (κ2) is 8.70. The highest BCUT2D eigenvalue weighted by molar-refractivity contribution is 5.69. The van der Waals surface area contributed by atoms with Crippen LogP contribution in [0.4, 0.5) is 5.95 Å². The fourth-order valence-corrected chi connectivity index (χ4v) is 2.40. The number of nitrogens with zero attached hydrogens (tertiary/aromatic N) is 7. The summed E-state index contributed by atoms with van der Waals surface area (Å²) in [6.45, 7) is 6.16. The molecule has 138 valence electrons. The SMILES string of the molecule is C=C/C=N\N(C)CNc1nccc(-c2ccn3c(/C=C\CC)nnc3c2)n1. The highest BCUT2D eigenvalue weighted by Gasteiger charge is 2.07. The number of pyridine rings is 1. The van der Waals surface area contributed by atoms with Gasteiger partial charge in [0, 0.05) is 31.2 Å². The van der Waals surface area contributed by atoms with Crippen LogP contribution >= 0.6 is 0 Å². The molecule has 8 heteroatoms. The van der Waals surface area contributed by atoms with Crippen molar-refractivity contribution in [2.24, 2.45) is 5.10 Å². The second-order valence-electron chi connectivity index (χ2n) is 5.77. The monoisotopic (exact) mass is 362 g/mol. The van der Waals surface area contributed by atoms with Gasteiger partial charge in [0.05, 0.1) is 5.69 Å². The van der Waals surface area contributed by atoms with Crippen molar-refractivity contribution in [2.75, 3.05) is 19.0 Å². The van der Waals surface area contributed by atoms with E-state index in [1.54, 1.807) is 23.5 Å². The molecule has 0 aliphatic heterocycles. The molecule has 3 heterocycles. The zero-order valence-electron chi connectivity index (χ0n) is 15.4. The van der Waals surface area contributed by atoms with Crippen molar-refractivity contribution in [1.82, 2.24) is 29.6 Å². The number of aromatic nitrogens is 5. The third-order valence-electron chi connectivity index (χ3n) is 3.73. The minimum absolute atomic E-state index is 0.476. The Bertz CT molecular complexity index is 973. The zero-order valence-corrected chi connectivity index (χ0v) is 15.4. The van der Waals surface area contributed by atoms with Gasteiger partial charge in [-0.2, -0.15) is 5.10 Å². The summed E-state index contributed by atoms with van der Waals surface area (Å²) < 4.78 is 1.95. The van der Waals surface area contributed by atoms with Crippen LogP contribution in [-0.4, -0.2) is 49.5 Å². The fraction of sp³-hybridized carbons (Fsp3) is 0.211. The normalized spacial score (nSPS) is 11.5. The molecule has 0 fully saturated rings. The third kappa shape index (κ3) is 4.55. The molecule has 0 aliphatic rings. The summed E-state index contributed by atoms with van der Waals surface area (Å²) in [6.07, 6.45) is 11.9. The predicted molar refractivity (Wildman–Crippen MR) is 108 cm³/mol. The van der Waals surface area contributed by atoms with Crippen molar-refractivity contribution in [2.45, 2.75) is 13.3 Å². The van der Waals surface area contributed by atoms with E-state index in [0.29, 0.717) is 12.6 Å². The topological polar surface area (TPSA) is 83.6 Å². The van der Waals surface area contributed by atoms with Gasteiger partial charge in [-0.25, -0.2) is 9.97 Å². The van der Waals surface area contributed by atoms with Crippen molar-refractivity contribution in [3.63, 3.8) is 0 Å². The first-order chi connectivity index (χ1) is 13.2. The number of hydrazone groups is 1. The number of hydrogen-bond acceptors (Lipinski definition) is 7. The lowest BCUT2D eigenvalue weighted by atomic mass is 10.2. The number of fused-ring (bicyclic) bond motifs is 1. The van der Waals surface area contributed by atoms with Gasteiger partial charge >= 0.3 is 0 Å². The van der Waals surface area contributed by atoms with Crippen LogP contribution in [0.25, 0.3) is 23.0 Å². The average Bonchev–Trinajstić information content (AvgIpc) is 3.11. The summed E-state index contributed by atoms with van der Waals surface area (Å²) >= 11 is 0. The Morgan fingerprint density at radius 1 is 1.33 bits per heavy atom. The first kappa shape index (κ1) is 18.2. The Morgan fingerprint density at radius 2 is 2.22 bits per heavy atom. The number of rotatable bonds is 8. The van der Waals surface area contributed by atoms with E-state index in [2.05, 4.69) is 50.2 Å². The molecule has 0 amide bonds. The second-order valence-corrected chi connectivity index (χ2v) is 5.77. The molecule has 0 unspecified atom stereocenters. The molecular formula is C19H22N8. The first-order valence-corrected chi connectivity index (χ1v) is 8.66. The van der Waals surface area contributed by atoms with Gasteiger partial charge in [-0.1, -0.05) is 19.6 Å². The van der Waals surface area contributed by atoms with Gasteiger partial charge in [0.15, 0.2) is 11.5 Å². The molecule has 0 saturated carbocycles. The summed E-state index contributed by atoms with van der Waals surface area (Å²) in [4.78, 5) is 8.82. The number of anilines is 1. The smallest absolute Gasteiger partial charge is 0.224 e. The molecule has 0 aromatic carbocycles. The highest BCUT2D eigenvalue weighted by atomic mass is 15.5. The quantitative estimate of drug-likeness (QED) is 0.377. The van der Waals surface area contributed by atoms with Crippen LogP contribution in [-0.2, 0) is 0 Å². The van der Waals surface area contributed by atoms with E-state index >= 15 is 0 Å². The molecule has 8 nitrogen and oxygen atoms in total. The lowest BCUT2D eigenvalue weighted by Gasteiger charge is -2.13. The van der Waals surface area contributed by atoms with E-state index in [-0.39, 0.29) is 0 Å². The predicted octanol–water partition coefficient (Wildman–Crippen LogP) is 3.08. The van der Waals surface area contributed by atoms with Gasteiger partial charge in [-0.15, -0.1) is 10.2 Å². The number of allylic oxidation sites excluding steroid dienone is 2. The van der Waals surface area contributed by atoms with Crippen molar-refractivity contribution in [1.29, 1.82) is 0 Å². The van der Waals surface area contributed by atoms with Gasteiger partial charge in [-0.05, 0) is 36.8 Å². The average molecular weight is 362 g/mol. The molecule has 0 spiro atoms. The Morgan fingerprint density at radius 3 is 3.04 bits per heavy atom.